The van der Waals surface area contributed by atoms with Crippen LogP contribution in [0.2, 0.25) is 0 Å². The van der Waals surface area contributed by atoms with Crippen molar-refractivity contribution >= 4 is 0 Å². The lowest BCUT2D eigenvalue weighted by Gasteiger charge is -2.08. The summed E-state index contributed by atoms with van der Waals surface area (Å²) in [6.07, 6.45) is 0. The van der Waals surface area contributed by atoms with E-state index in [1.54, 1.807) is 0 Å². The summed E-state index contributed by atoms with van der Waals surface area (Å²) in [6.45, 7) is 3.15. The van der Waals surface area contributed by atoms with Crippen LogP contribution in [0.3, 0.4) is 0 Å². The highest BCUT2D eigenvalue weighted by molar-refractivity contribution is 5.27. The smallest absolute Gasteiger partial charge is 0.194 e. The molecule has 2 nitrogen and oxygen atoms in total. The summed E-state index contributed by atoms with van der Waals surface area (Å²) >= 11 is 0. The van der Waals surface area contributed by atoms with Gasteiger partial charge in [0.05, 0.1) is 0 Å². The molecule has 2 aromatic rings. The van der Waals surface area contributed by atoms with Crippen molar-refractivity contribution in [3.05, 3.63) is 65.0 Å². The maximum absolute atomic E-state index is 13.0. The number of hydrogen-bond donors (Lipinski definition) is 1. The van der Waals surface area contributed by atoms with E-state index in [0.29, 0.717) is 18.7 Å². The third-order valence-corrected chi connectivity index (χ3v) is 2.91. The van der Waals surface area contributed by atoms with E-state index in [0.717, 1.165) is 23.4 Å². The second-order valence-corrected chi connectivity index (χ2v) is 4.72. The first kappa shape index (κ1) is 15.4. The van der Waals surface area contributed by atoms with Crippen LogP contribution in [0.4, 0.5) is 13.2 Å². The molecule has 0 saturated carbocycles. The molecule has 21 heavy (non-hydrogen) atoms. The van der Waals surface area contributed by atoms with Crippen LogP contribution in [-0.4, -0.2) is 13.2 Å². The third kappa shape index (κ3) is 4.49. The van der Waals surface area contributed by atoms with Gasteiger partial charge in [0, 0.05) is 13.1 Å². The molecule has 0 amide bonds. The number of ether oxygens (including phenoxy) is 1. The third-order valence-electron chi connectivity index (χ3n) is 2.91. The number of rotatable bonds is 6. The molecule has 0 aromatic heterocycles. The van der Waals surface area contributed by atoms with Crippen molar-refractivity contribution in [2.45, 2.75) is 13.5 Å². The predicted molar refractivity (Wildman–Crippen MR) is 74.7 cm³/mol. The monoisotopic (exact) mass is 295 g/mol. The van der Waals surface area contributed by atoms with Crippen molar-refractivity contribution in [2.24, 2.45) is 0 Å². The molecule has 0 radical (unpaired) electrons. The van der Waals surface area contributed by atoms with Crippen molar-refractivity contribution in [3.63, 3.8) is 0 Å². The largest absolute Gasteiger partial charge is 0.492 e. The maximum Gasteiger partial charge on any atom is 0.194 e. The van der Waals surface area contributed by atoms with Gasteiger partial charge >= 0.3 is 0 Å². The SMILES string of the molecule is Cc1cccc(OCCNCc2cc(F)c(F)c(F)c2)c1. The van der Waals surface area contributed by atoms with Crippen LogP contribution in [0.1, 0.15) is 11.1 Å². The molecule has 0 bridgehead atoms. The molecule has 5 heteroatoms. The number of halogens is 3. The molecule has 112 valence electrons. The number of aryl methyl sites for hydroxylation is 1. The molecular formula is C16H16F3NO. The second kappa shape index (κ2) is 7.13. The fourth-order valence-corrected chi connectivity index (χ4v) is 1.89. The van der Waals surface area contributed by atoms with Gasteiger partial charge in [0.15, 0.2) is 17.5 Å². The molecule has 0 atom stereocenters. The lowest BCUT2D eigenvalue weighted by Crippen LogP contribution is -2.20. The molecule has 0 fully saturated rings. The molecule has 0 saturated heterocycles. The first-order chi connectivity index (χ1) is 10.1. The second-order valence-electron chi connectivity index (χ2n) is 4.72. The Kier molecular flexibility index (Phi) is 5.22. The van der Waals surface area contributed by atoms with Gasteiger partial charge in [-0.15, -0.1) is 0 Å². The Balaban J connectivity index is 1.75. The zero-order valence-corrected chi connectivity index (χ0v) is 11.6. The maximum atomic E-state index is 13.0. The summed E-state index contributed by atoms with van der Waals surface area (Å²) in [7, 11) is 0. The molecule has 0 spiro atoms. The van der Waals surface area contributed by atoms with Crippen molar-refractivity contribution < 1.29 is 17.9 Å². The molecule has 0 heterocycles. The van der Waals surface area contributed by atoms with Gasteiger partial charge in [-0.05, 0) is 42.3 Å². The van der Waals surface area contributed by atoms with Crippen LogP contribution in [0, 0.1) is 24.4 Å². The van der Waals surface area contributed by atoms with Crippen molar-refractivity contribution in [1.29, 1.82) is 0 Å². The van der Waals surface area contributed by atoms with Crippen LogP contribution in [0.5, 0.6) is 5.75 Å². The topological polar surface area (TPSA) is 21.3 Å². The van der Waals surface area contributed by atoms with E-state index in [9.17, 15) is 13.2 Å². The standard InChI is InChI=1S/C16H16F3NO/c1-11-3-2-4-13(7-11)21-6-5-20-10-12-8-14(17)16(19)15(18)9-12/h2-4,7-9,20H,5-6,10H2,1H3. The van der Waals surface area contributed by atoms with E-state index in [4.69, 9.17) is 4.74 Å². The summed E-state index contributed by atoms with van der Waals surface area (Å²) < 4.78 is 44.3. The van der Waals surface area contributed by atoms with Gasteiger partial charge in [-0.25, -0.2) is 13.2 Å². The normalized spacial score (nSPS) is 10.7. The molecule has 0 aliphatic carbocycles. The molecule has 2 aromatic carbocycles. The van der Waals surface area contributed by atoms with E-state index in [1.165, 1.54) is 0 Å². The fourth-order valence-electron chi connectivity index (χ4n) is 1.89. The van der Waals surface area contributed by atoms with Crippen LogP contribution >= 0.6 is 0 Å². The summed E-state index contributed by atoms with van der Waals surface area (Å²) in [5, 5.41) is 2.98. The lowest BCUT2D eigenvalue weighted by atomic mass is 10.2. The van der Waals surface area contributed by atoms with Gasteiger partial charge < -0.3 is 10.1 Å². The highest BCUT2D eigenvalue weighted by Crippen LogP contribution is 2.14. The van der Waals surface area contributed by atoms with Crippen LogP contribution in [0.15, 0.2) is 36.4 Å². The lowest BCUT2D eigenvalue weighted by molar-refractivity contribution is 0.313. The Morgan fingerprint density at radius 1 is 1.05 bits per heavy atom. The molecular weight excluding hydrogens is 279 g/mol. The van der Waals surface area contributed by atoms with Crippen molar-refractivity contribution in [2.75, 3.05) is 13.2 Å². The van der Waals surface area contributed by atoms with Gasteiger partial charge in [-0.3, -0.25) is 0 Å². The summed E-state index contributed by atoms with van der Waals surface area (Å²) in [5.41, 5.74) is 1.46. The first-order valence-corrected chi connectivity index (χ1v) is 6.60. The van der Waals surface area contributed by atoms with Gasteiger partial charge in [-0.2, -0.15) is 0 Å². The summed E-state index contributed by atoms with van der Waals surface area (Å²) in [6, 6.07) is 9.62. The Morgan fingerprint density at radius 2 is 1.76 bits per heavy atom. The molecule has 0 aliphatic heterocycles. The highest BCUT2D eigenvalue weighted by atomic mass is 19.2. The van der Waals surface area contributed by atoms with Crippen molar-refractivity contribution in [1.82, 2.24) is 5.32 Å². The van der Waals surface area contributed by atoms with Crippen LogP contribution in [0.25, 0.3) is 0 Å². The van der Waals surface area contributed by atoms with Crippen LogP contribution in [-0.2, 0) is 6.54 Å². The Hall–Kier alpha value is -2.01. The average Bonchev–Trinajstić information content (AvgIpc) is 2.44. The zero-order chi connectivity index (χ0) is 15.2. The van der Waals surface area contributed by atoms with Crippen molar-refractivity contribution in [3.8, 4) is 5.75 Å². The molecule has 0 unspecified atom stereocenters. The number of hydrogen-bond acceptors (Lipinski definition) is 2. The molecule has 0 aliphatic rings. The van der Waals surface area contributed by atoms with E-state index in [-0.39, 0.29) is 6.54 Å². The minimum Gasteiger partial charge on any atom is -0.492 e. The average molecular weight is 295 g/mol. The van der Waals surface area contributed by atoms with E-state index < -0.39 is 17.5 Å². The Bertz CT molecular complexity index is 593. The van der Waals surface area contributed by atoms with E-state index in [1.807, 2.05) is 31.2 Å². The number of nitrogens with one attached hydrogen (secondary N) is 1. The Morgan fingerprint density at radius 3 is 2.43 bits per heavy atom. The Labute approximate surface area is 121 Å². The van der Waals surface area contributed by atoms with Gasteiger partial charge in [-0.1, -0.05) is 12.1 Å². The fraction of sp³-hybridized carbons (Fsp3) is 0.250. The zero-order valence-electron chi connectivity index (χ0n) is 11.6. The minimum absolute atomic E-state index is 0.241. The summed E-state index contributed by atoms with van der Waals surface area (Å²) in [5.74, 6) is -3.03. The molecule has 2 rings (SSSR count). The van der Waals surface area contributed by atoms with E-state index >= 15 is 0 Å². The number of benzene rings is 2. The van der Waals surface area contributed by atoms with Gasteiger partial charge in [0.2, 0.25) is 0 Å². The quantitative estimate of drug-likeness (QED) is 0.649. The first-order valence-electron chi connectivity index (χ1n) is 6.60. The van der Waals surface area contributed by atoms with Gasteiger partial charge in [0.1, 0.15) is 12.4 Å². The summed E-state index contributed by atoms with van der Waals surface area (Å²) in [4.78, 5) is 0. The van der Waals surface area contributed by atoms with Gasteiger partial charge in [0.25, 0.3) is 0 Å². The highest BCUT2D eigenvalue weighted by Gasteiger charge is 2.09. The molecule has 1 N–H and O–H groups in total. The minimum atomic E-state index is -1.44. The predicted octanol–water partition coefficient (Wildman–Crippen LogP) is 3.58. The van der Waals surface area contributed by atoms with Crippen LogP contribution < -0.4 is 10.1 Å². The van der Waals surface area contributed by atoms with E-state index in [2.05, 4.69) is 5.32 Å².